The fraction of sp³-hybridized carbons (Fsp3) is 0.400. The summed E-state index contributed by atoms with van der Waals surface area (Å²) in [5.41, 5.74) is 0.739. The van der Waals surface area contributed by atoms with Crippen molar-refractivity contribution in [1.82, 2.24) is 5.32 Å². The second kappa shape index (κ2) is 3.83. The van der Waals surface area contributed by atoms with Crippen molar-refractivity contribution in [2.24, 2.45) is 0 Å². The molecule has 1 aromatic carbocycles. The van der Waals surface area contributed by atoms with Crippen LogP contribution in [0.3, 0.4) is 0 Å². The molecule has 0 aliphatic carbocycles. The molecule has 1 aliphatic rings. The van der Waals surface area contributed by atoms with Crippen LogP contribution in [0.25, 0.3) is 0 Å². The third kappa shape index (κ3) is 1.83. The van der Waals surface area contributed by atoms with Crippen LogP contribution in [0.1, 0.15) is 12.5 Å². The van der Waals surface area contributed by atoms with Crippen molar-refractivity contribution in [3.63, 3.8) is 0 Å². The summed E-state index contributed by atoms with van der Waals surface area (Å²) >= 11 is 5.01. The van der Waals surface area contributed by atoms with Gasteiger partial charge in [-0.2, -0.15) is 0 Å². The Bertz CT molecular complexity index is 350. The molecule has 1 fully saturated rings. The van der Waals surface area contributed by atoms with Gasteiger partial charge in [-0.15, -0.1) is 11.8 Å². The Labute approximate surface area is 95.6 Å². The van der Waals surface area contributed by atoms with E-state index in [0.29, 0.717) is 0 Å². The molecule has 0 aromatic heterocycles. The Morgan fingerprint density at radius 3 is 2.93 bits per heavy atom. The van der Waals surface area contributed by atoms with E-state index >= 15 is 0 Å². The number of hydrogen-bond acceptors (Lipinski definition) is 2. The minimum absolute atomic E-state index is 0.149. The molecule has 2 rings (SSSR count). The first-order valence-electron chi connectivity index (χ1n) is 4.46. The lowest BCUT2D eigenvalue weighted by atomic mass is 10.1. The standard InChI is InChI=1S/C10H11BrFNS/c1-10(13-4-5-14-10)8-3-2-7(11)6-9(8)12/h2-3,6,13H,4-5H2,1H3. The number of hydrogen-bond donors (Lipinski definition) is 1. The molecule has 1 heterocycles. The lowest BCUT2D eigenvalue weighted by molar-refractivity contribution is 0.522. The third-order valence-corrected chi connectivity index (χ3v) is 4.24. The van der Waals surface area contributed by atoms with Crippen LogP contribution in [0.5, 0.6) is 0 Å². The summed E-state index contributed by atoms with van der Waals surface area (Å²) in [5.74, 6) is 0.884. The van der Waals surface area contributed by atoms with Gasteiger partial charge in [0, 0.05) is 22.3 Å². The van der Waals surface area contributed by atoms with Crippen LogP contribution in [0, 0.1) is 5.82 Å². The van der Waals surface area contributed by atoms with Crippen LogP contribution in [0.15, 0.2) is 22.7 Å². The summed E-state index contributed by atoms with van der Waals surface area (Å²) in [7, 11) is 0. The van der Waals surface area contributed by atoms with Crippen molar-refractivity contribution < 1.29 is 4.39 Å². The van der Waals surface area contributed by atoms with Crippen molar-refractivity contribution in [3.05, 3.63) is 34.1 Å². The molecule has 0 spiro atoms. The molecule has 1 nitrogen and oxygen atoms in total. The smallest absolute Gasteiger partial charge is 0.130 e. The summed E-state index contributed by atoms with van der Waals surface area (Å²) in [6.45, 7) is 2.97. The molecule has 1 aromatic rings. The highest BCUT2D eigenvalue weighted by Crippen LogP contribution is 2.38. The van der Waals surface area contributed by atoms with Gasteiger partial charge >= 0.3 is 0 Å². The van der Waals surface area contributed by atoms with E-state index in [2.05, 4.69) is 21.2 Å². The molecule has 4 heteroatoms. The van der Waals surface area contributed by atoms with Crippen LogP contribution < -0.4 is 5.32 Å². The average Bonchev–Trinajstić information content (AvgIpc) is 2.52. The topological polar surface area (TPSA) is 12.0 Å². The molecule has 0 amide bonds. The second-order valence-corrected chi connectivity index (χ2v) is 5.86. The van der Waals surface area contributed by atoms with Gasteiger partial charge in [0.15, 0.2) is 0 Å². The van der Waals surface area contributed by atoms with Gasteiger partial charge in [0.2, 0.25) is 0 Å². The van der Waals surface area contributed by atoms with Crippen molar-refractivity contribution in [2.45, 2.75) is 11.8 Å². The maximum atomic E-state index is 13.7. The molecule has 1 aliphatic heterocycles. The largest absolute Gasteiger partial charge is 0.298 e. The van der Waals surface area contributed by atoms with Gasteiger partial charge in [-0.05, 0) is 19.1 Å². The molecule has 1 N–H and O–H groups in total. The lowest BCUT2D eigenvalue weighted by Crippen LogP contribution is -2.31. The normalized spacial score (nSPS) is 26.8. The molecule has 0 radical (unpaired) electrons. The van der Waals surface area contributed by atoms with Gasteiger partial charge in [-0.1, -0.05) is 22.0 Å². The van der Waals surface area contributed by atoms with E-state index in [4.69, 9.17) is 0 Å². The van der Waals surface area contributed by atoms with Gasteiger partial charge < -0.3 is 0 Å². The zero-order valence-corrected chi connectivity index (χ0v) is 10.2. The number of benzene rings is 1. The molecular formula is C10H11BrFNS. The highest BCUT2D eigenvalue weighted by Gasteiger charge is 2.33. The molecule has 1 atom stereocenters. The Morgan fingerprint density at radius 1 is 1.57 bits per heavy atom. The fourth-order valence-electron chi connectivity index (χ4n) is 1.65. The summed E-state index contributed by atoms with van der Waals surface area (Å²) in [4.78, 5) is -0.259. The van der Waals surface area contributed by atoms with Gasteiger partial charge in [0.05, 0.1) is 4.87 Å². The molecule has 14 heavy (non-hydrogen) atoms. The van der Waals surface area contributed by atoms with Crippen LogP contribution >= 0.6 is 27.7 Å². The monoisotopic (exact) mass is 275 g/mol. The van der Waals surface area contributed by atoms with Crippen molar-refractivity contribution in [2.75, 3.05) is 12.3 Å². The van der Waals surface area contributed by atoms with Crippen LogP contribution in [-0.2, 0) is 4.87 Å². The van der Waals surface area contributed by atoms with E-state index < -0.39 is 0 Å². The fourth-order valence-corrected chi connectivity index (χ4v) is 3.12. The average molecular weight is 276 g/mol. The first kappa shape index (κ1) is 10.5. The molecule has 0 bridgehead atoms. The predicted octanol–water partition coefficient (Wildman–Crippen LogP) is 3.10. The Hall–Kier alpha value is -0.0600. The summed E-state index contributed by atoms with van der Waals surface area (Å²) < 4.78 is 14.4. The predicted molar refractivity (Wildman–Crippen MR) is 61.9 cm³/mol. The van der Waals surface area contributed by atoms with Crippen LogP contribution in [0.4, 0.5) is 4.39 Å². The van der Waals surface area contributed by atoms with E-state index in [1.165, 1.54) is 6.07 Å². The number of rotatable bonds is 1. The molecule has 76 valence electrons. The first-order chi connectivity index (χ1) is 6.62. The van der Waals surface area contributed by atoms with Crippen molar-refractivity contribution in [1.29, 1.82) is 0 Å². The molecule has 0 saturated carbocycles. The molecule has 1 unspecified atom stereocenters. The van der Waals surface area contributed by atoms with E-state index in [1.807, 2.05) is 19.1 Å². The van der Waals surface area contributed by atoms with Crippen molar-refractivity contribution >= 4 is 27.7 Å². The van der Waals surface area contributed by atoms with E-state index in [-0.39, 0.29) is 10.7 Å². The van der Waals surface area contributed by atoms with Gasteiger partial charge in [0.25, 0.3) is 0 Å². The number of thioether (sulfide) groups is 1. The maximum absolute atomic E-state index is 13.7. The molecule has 1 saturated heterocycles. The van der Waals surface area contributed by atoms with E-state index in [0.717, 1.165) is 22.3 Å². The third-order valence-electron chi connectivity index (χ3n) is 2.40. The Balaban J connectivity index is 2.40. The highest BCUT2D eigenvalue weighted by atomic mass is 79.9. The highest BCUT2D eigenvalue weighted by molar-refractivity contribution is 9.10. The quantitative estimate of drug-likeness (QED) is 0.846. The van der Waals surface area contributed by atoms with Crippen LogP contribution in [-0.4, -0.2) is 12.3 Å². The number of halogens is 2. The first-order valence-corrected chi connectivity index (χ1v) is 6.24. The van der Waals surface area contributed by atoms with Gasteiger partial charge in [-0.25, -0.2) is 4.39 Å². The Kier molecular flexibility index (Phi) is 2.86. The van der Waals surface area contributed by atoms with E-state index in [1.54, 1.807) is 11.8 Å². The maximum Gasteiger partial charge on any atom is 0.130 e. The summed E-state index contributed by atoms with van der Waals surface area (Å²) in [6, 6.07) is 5.23. The minimum Gasteiger partial charge on any atom is -0.298 e. The van der Waals surface area contributed by atoms with Crippen LogP contribution in [0.2, 0.25) is 0 Å². The Morgan fingerprint density at radius 2 is 2.36 bits per heavy atom. The van der Waals surface area contributed by atoms with Gasteiger partial charge in [-0.3, -0.25) is 5.32 Å². The number of nitrogens with one attached hydrogen (secondary N) is 1. The summed E-state index contributed by atoms with van der Waals surface area (Å²) in [6.07, 6.45) is 0. The van der Waals surface area contributed by atoms with Crippen molar-refractivity contribution in [3.8, 4) is 0 Å². The SMILES string of the molecule is CC1(c2ccc(Br)cc2F)NCCS1. The second-order valence-electron chi connectivity index (χ2n) is 3.43. The van der Waals surface area contributed by atoms with E-state index in [9.17, 15) is 4.39 Å². The zero-order chi connectivity index (χ0) is 10.2. The molecular weight excluding hydrogens is 265 g/mol. The zero-order valence-electron chi connectivity index (χ0n) is 7.81. The minimum atomic E-state index is -0.259. The van der Waals surface area contributed by atoms with Gasteiger partial charge in [0.1, 0.15) is 5.82 Å². The summed E-state index contributed by atoms with van der Waals surface area (Å²) in [5, 5.41) is 3.32. The lowest BCUT2D eigenvalue weighted by Gasteiger charge is -2.24.